The van der Waals surface area contributed by atoms with Crippen LogP contribution in [0, 0.1) is 0 Å². The Labute approximate surface area is 123 Å². The number of hydrogen-bond donors (Lipinski definition) is 3. The molecule has 2 aromatic rings. The van der Waals surface area contributed by atoms with Crippen molar-refractivity contribution < 1.29 is 14.9 Å². The molecule has 8 heteroatoms. The highest BCUT2D eigenvalue weighted by atomic mass is 79.9. The lowest BCUT2D eigenvalue weighted by atomic mass is 10.1. The summed E-state index contributed by atoms with van der Waals surface area (Å²) in [5.41, 5.74) is 6.39. The molecule has 0 saturated carbocycles. The Morgan fingerprint density at radius 1 is 1.40 bits per heavy atom. The zero-order valence-electron chi connectivity index (χ0n) is 10.8. The molecule has 108 valence electrons. The van der Waals surface area contributed by atoms with Gasteiger partial charge >= 0.3 is 0 Å². The molecule has 4 N–H and O–H groups in total. The third kappa shape index (κ3) is 1.91. The number of fused-ring (bicyclic) bond motifs is 1. The molecule has 0 aliphatic carbocycles. The summed E-state index contributed by atoms with van der Waals surface area (Å²) in [6.07, 6.45) is 0.679. The van der Waals surface area contributed by atoms with Crippen LogP contribution in [0.1, 0.15) is 19.6 Å². The SMILES string of the molecule is CC[C@@H]1O[C@@H](n2cc(Br)c3c(N)ncnc32)[C@H](O)[C@@H]1O. The maximum absolute atomic E-state index is 10.2. The van der Waals surface area contributed by atoms with E-state index in [1.165, 1.54) is 6.33 Å². The van der Waals surface area contributed by atoms with Crippen LogP contribution in [-0.4, -0.2) is 43.1 Å². The molecule has 20 heavy (non-hydrogen) atoms. The first-order valence-corrected chi connectivity index (χ1v) is 7.12. The van der Waals surface area contributed by atoms with Crippen molar-refractivity contribution in [3.05, 3.63) is 17.0 Å². The number of anilines is 1. The highest BCUT2D eigenvalue weighted by Gasteiger charge is 2.43. The second-order valence-corrected chi connectivity index (χ2v) is 5.65. The van der Waals surface area contributed by atoms with Gasteiger partial charge in [-0.2, -0.15) is 0 Å². The van der Waals surface area contributed by atoms with Gasteiger partial charge < -0.3 is 25.3 Å². The molecule has 3 rings (SSSR count). The summed E-state index contributed by atoms with van der Waals surface area (Å²) in [7, 11) is 0. The largest absolute Gasteiger partial charge is 0.388 e. The van der Waals surface area contributed by atoms with Gasteiger partial charge in [0.25, 0.3) is 0 Å². The number of hydrogen-bond acceptors (Lipinski definition) is 6. The van der Waals surface area contributed by atoms with Gasteiger partial charge in [0.1, 0.15) is 30.0 Å². The first kappa shape index (κ1) is 13.7. The van der Waals surface area contributed by atoms with E-state index < -0.39 is 24.5 Å². The average molecular weight is 343 g/mol. The number of ether oxygens (including phenoxy) is 1. The summed E-state index contributed by atoms with van der Waals surface area (Å²) in [6, 6.07) is 0. The van der Waals surface area contributed by atoms with E-state index in [0.717, 1.165) is 4.47 Å². The van der Waals surface area contributed by atoms with Crippen LogP contribution in [0.15, 0.2) is 17.0 Å². The second kappa shape index (κ2) is 4.96. The first-order chi connectivity index (χ1) is 9.54. The summed E-state index contributed by atoms with van der Waals surface area (Å²) < 4.78 is 8.11. The van der Waals surface area contributed by atoms with Crippen LogP contribution in [0.4, 0.5) is 5.82 Å². The van der Waals surface area contributed by atoms with Crippen LogP contribution in [0.2, 0.25) is 0 Å². The van der Waals surface area contributed by atoms with Crippen LogP contribution in [-0.2, 0) is 4.74 Å². The van der Waals surface area contributed by atoms with Crippen molar-refractivity contribution in [1.29, 1.82) is 0 Å². The number of halogens is 1. The summed E-state index contributed by atoms with van der Waals surface area (Å²) in [5, 5.41) is 20.8. The molecule has 3 heterocycles. The smallest absolute Gasteiger partial charge is 0.164 e. The Hall–Kier alpha value is -1.22. The highest BCUT2D eigenvalue weighted by molar-refractivity contribution is 9.10. The van der Waals surface area contributed by atoms with Gasteiger partial charge in [0.15, 0.2) is 6.23 Å². The molecule has 0 bridgehead atoms. The van der Waals surface area contributed by atoms with Crippen LogP contribution < -0.4 is 5.73 Å². The molecule has 2 aromatic heterocycles. The highest BCUT2D eigenvalue weighted by Crippen LogP contribution is 2.36. The van der Waals surface area contributed by atoms with Gasteiger partial charge in [0, 0.05) is 10.7 Å². The lowest BCUT2D eigenvalue weighted by Crippen LogP contribution is -2.31. The standard InChI is InChI=1S/C12H15BrN4O3/c1-2-6-8(18)9(19)12(20-6)17-3-5(13)7-10(14)15-4-16-11(7)17/h3-4,6,8-9,12,18-19H,2H2,1H3,(H2,14,15,16)/t6-,8+,9+,12+/m0/s1. The van der Waals surface area contributed by atoms with Crippen molar-refractivity contribution in [2.75, 3.05) is 5.73 Å². The molecule has 0 amide bonds. The van der Waals surface area contributed by atoms with E-state index >= 15 is 0 Å². The van der Waals surface area contributed by atoms with Crippen LogP contribution in [0.3, 0.4) is 0 Å². The maximum Gasteiger partial charge on any atom is 0.164 e. The van der Waals surface area contributed by atoms with Crippen molar-refractivity contribution in [2.24, 2.45) is 0 Å². The lowest BCUT2D eigenvalue weighted by molar-refractivity contribution is -0.0353. The second-order valence-electron chi connectivity index (χ2n) is 4.80. The molecule has 1 fully saturated rings. The van der Waals surface area contributed by atoms with Crippen molar-refractivity contribution >= 4 is 32.8 Å². The summed E-state index contributed by atoms with van der Waals surface area (Å²) in [4.78, 5) is 8.13. The Balaban J connectivity index is 2.10. The zero-order valence-corrected chi connectivity index (χ0v) is 12.4. The van der Waals surface area contributed by atoms with Crippen molar-refractivity contribution in [3.8, 4) is 0 Å². The Morgan fingerprint density at radius 3 is 2.80 bits per heavy atom. The lowest BCUT2D eigenvalue weighted by Gasteiger charge is -2.17. The summed E-state index contributed by atoms with van der Waals surface area (Å²) >= 11 is 3.40. The molecular formula is C12H15BrN4O3. The van der Waals surface area contributed by atoms with E-state index in [1.54, 1.807) is 10.8 Å². The molecule has 4 atom stereocenters. The molecule has 0 aromatic carbocycles. The van der Waals surface area contributed by atoms with Crippen molar-refractivity contribution in [1.82, 2.24) is 14.5 Å². The minimum Gasteiger partial charge on any atom is -0.388 e. The van der Waals surface area contributed by atoms with Gasteiger partial charge in [-0.15, -0.1) is 0 Å². The Morgan fingerprint density at radius 2 is 2.15 bits per heavy atom. The summed E-state index contributed by atoms with van der Waals surface area (Å²) in [5.74, 6) is 0.348. The average Bonchev–Trinajstić information content (AvgIpc) is 2.90. The predicted octanol–water partition coefficient (Wildman–Crippen LogP) is 0.805. The van der Waals surface area contributed by atoms with E-state index in [9.17, 15) is 10.2 Å². The molecule has 1 saturated heterocycles. The molecule has 0 unspecified atom stereocenters. The van der Waals surface area contributed by atoms with Crippen LogP contribution >= 0.6 is 15.9 Å². The van der Waals surface area contributed by atoms with Gasteiger partial charge in [0.05, 0.1) is 11.5 Å². The molecule has 0 radical (unpaired) electrons. The van der Waals surface area contributed by atoms with Crippen molar-refractivity contribution in [2.45, 2.75) is 37.9 Å². The minimum absolute atomic E-state index is 0.348. The fourth-order valence-electron chi connectivity index (χ4n) is 2.55. The van der Waals surface area contributed by atoms with Crippen LogP contribution in [0.25, 0.3) is 11.0 Å². The monoisotopic (exact) mass is 342 g/mol. The Kier molecular flexibility index (Phi) is 3.41. The predicted molar refractivity (Wildman–Crippen MR) is 75.9 cm³/mol. The summed E-state index contributed by atoms with van der Waals surface area (Å²) in [6.45, 7) is 1.90. The molecular weight excluding hydrogens is 328 g/mol. The number of nitrogen functional groups attached to an aromatic ring is 1. The molecule has 7 nitrogen and oxygen atoms in total. The van der Waals surface area contributed by atoms with Gasteiger partial charge in [-0.05, 0) is 22.4 Å². The van der Waals surface area contributed by atoms with E-state index in [4.69, 9.17) is 10.5 Å². The molecule has 0 spiro atoms. The third-order valence-electron chi connectivity index (χ3n) is 3.61. The van der Waals surface area contributed by atoms with E-state index in [-0.39, 0.29) is 0 Å². The Bertz CT molecular complexity index is 647. The van der Waals surface area contributed by atoms with Crippen molar-refractivity contribution in [3.63, 3.8) is 0 Å². The minimum atomic E-state index is -1.02. The number of rotatable bonds is 2. The van der Waals surface area contributed by atoms with Gasteiger partial charge in [-0.25, -0.2) is 9.97 Å². The molecule has 1 aliphatic rings. The fraction of sp³-hybridized carbons (Fsp3) is 0.500. The van der Waals surface area contributed by atoms with Gasteiger partial charge in [-0.1, -0.05) is 6.92 Å². The number of nitrogens with two attached hydrogens (primary N) is 1. The first-order valence-electron chi connectivity index (χ1n) is 6.32. The van der Waals surface area contributed by atoms with E-state index in [0.29, 0.717) is 23.3 Å². The fourth-order valence-corrected chi connectivity index (χ4v) is 3.15. The maximum atomic E-state index is 10.2. The topological polar surface area (TPSA) is 106 Å². The van der Waals surface area contributed by atoms with Crippen LogP contribution in [0.5, 0.6) is 0 Å². The number of aromatic nitrogens is 3. The number of nitrogens with zero attached hydrogens (tertiary/aromatic N) is 3. The number of aliphatic hydroxyl groups is 2. The van der Waals surface area contributed by atoms with E-state index in [2.05, 4.69) is 25.9 Å². The number of aliphatic hydroxyl groups excluding tert-OH is 2. The molecule has 1 aliphatic heterocycles. The van der Waals surface area contributed by atoms with E-state index in [1.807, 2.05) is 6.92 Å². The van der Waals surface area contributed by atoms with Gasteiger partial charge in [-0.3, -0.25) is 0 Å². The quantitative estimate of drug-likeness (QED) is 0.745. The van der Waals surface area contributed by atoms with Gasteiger partial charge in [0.2, 0.25) is 0 Å². The normalized spacial score (nSPS) is 30.2. The third-order valence-corrected chi connectivity index (χ3v) is 4.21. The zero-order chi connectivity index (χ0) is 14.4.